The number of carbonyl (C=O) groups excluding carboxylic acids is 1. The van der Waals surface area contributed by atoms with Gasteiger partial charge in [-0.05, 0) is 52.2 Å². The molecule has 3 rings (SSSR count). The molecule has 1 aromatic heterocycles. The van der Waals surface area contributed by atoms with Crippen LogP contribution in [0.15, 0.2) is 35.5 Å². The first-order chi connectivity index (χ1) is 11.6. The molecule has 0 bridgehead atoms. The minimum atomic E-state index is 0.194. The molecule has 1 aliphatic heterocycles. The second-order valence-electron chi connectivity index (χ2n) is 6.42. The van der Waals surface area contributed by atoms with Crippen LogP contribution in [0.2, 0.25) is 0 Å². The van der Waals surface area contributed by atoms with Crippen molar-refractivity contribution in [2.45, 2.75) is 57.3 Å². The molecule has 1 aliphatic rings. The van der Waals surface area contributed by atoms with Crippen LogP contribution >= 0.6 is 11.8 Å². The maximum absolute atomic E-state index is 12.7. The minimum Gasteiger partial charge on any atom is -0.337 e. The topological polar surface area (TPSA) is 51.0 Å². The smallest absolute Gasteiger partial charge is 0.233 e. The highest BCUT2D eigenvalue weighted by atomic mass is 32.2. The standard InChI is InChI=1S/C18H24N4OS/c1-13-8-7-9-14(2)21(13)17(23)12-24-18-20-19-15(3)22(18)16-10-5-4-6-11-16/h4-6,10-11,13-14H,7-9,12H2,1-3H3/t13-,14+. The van der Waals surface area contributed by atoms with E-state index in [1.165, 1.54) is 18.2 Å². The Hall–Kier alpha value is -1.82. The van der Waals surface area contributed by atoms with Gasteiger partial charge < -0.3 is 4.90 Å². The lowest BCUT2D eigenvalue weighted by Crippen LogP contribution is -2.48. The van der Waals surface area contributed by atoms with Crippen molar-refractivity contribution < 1.29 is 4.79 Å². The van der Waals surface area contributed by atoms with Crippen molar-refractivity contribution in [2.75, 3.05) is 5.75 Å². The maximum atomic E-state index is 12.7. The zero-order valence-corrected chi connectivity index (χ0v) is 15.3. The number of thioether (sulfide) groups is 1. The van der Waals surface area contributed by atoms with E-state index in [4.69, 9.17) is 0 Å². The Morgan fingerprint density at radius 1 is 1.17 bits per heavy atom. The zero-order valence-electron chi connectivity index (χ0n) is 14.5. The van der Waals surface area contributed by atoms with E-state index in [-0.39, 0.29) is 5.91 Å². The summed E-state index contributed by atoms with van der Waals surface area (Å²) in [6, 6.07) is 10.7. The van der Waals surface area contributed by atoms with E-state index in [1.54, 1.807) is 0 Å². The Morgan fingerprint density at radius 3 is 2.50 bits per heavy atom. The second kappa shape index (κ2) is 7.38. The molecule has 1 fully saturated rings. The molecule has 1 aromatic carbocycles. The summed E-state index contributed by atoms with van der Waals surface area (Å²) in [6.07, 6.45) is 3.40. The third kappa shape index (κ3) is 3.48. The Morgan fingerprint density at radius 2 is 1.83 bits per heavy atom. The van der Waals surface area contributed by atoms with Gasteiger partial charge in [0.2, 0.25) is 5.91 Å². The average Bonchev–Trinajstić information content (AvgIpc) is 2.94. The predicted molar refractivity (Wildman–Crippen MR) is 96.4 cm³/mol. The number of piperidine rings is 1. The molecule has 128 valence electrons. The highest BCUT2D eigenvalue weighted by Gasteiger charge is 2.29. The van der Waals surface area contributed by atoms with Crippen molar-refractivity contribution >= 4 is 17.7 Å². The van der Waals surface area contributed by atoms with Crippen molar-refractivity contribution in [3.8, 4) is 5.69 Å². The molecule has 2 heterocycles. The molecule has 0 N–H and O–H groups in total. The summed E-state index contributed by atoms with van der Waals surface area (Å²) in [5.74, 6) is 1.43. The van der Waals surface area contributed by atoms with Crippen LogP contribution in [-0.2, 0) is 4.79 Å². The van der Waals surface area contributed by atoms with E-state index >= 15 is 0 Å². The summed E-state index contributed by atoms with van der Waals surface area (Å²) < 4.78 is 2.00. The molecule has 5 nitrogen and oxygen atoms in total. The third-order valence-electron chi connectivity index (χ3n) is 4.62. The van der Waals surface area contributed by atoms with Crippen molar-refractivity contribution in [1.29, 1.82) is 0 Å². The van der Waals surface area contributed by atoms with E-state index in [0.29, 0.717) is 17.8 Å². The van der Waals surface area contributed by atoms with Crippen molar-refractivity contribution in [2.24, 2.45) is 0 Å². The number of aromatic nitrogens is 3. The van der Waals surface area contributed by atoms with Gasteiger partial charge in [-0.25, -0.2) is 0 Å². The molecule has 0 saturated carbocycles. The fourth-order valence-electron chi connectivity index (χ4n) is 3.42. The quantitative estimate of drug-likeness (QED) is 0.797. The number of aryl methyl sites for hydroxylation is 1. The van der Waals surface area contributed by atoms with Gasteiger partial charge in [0.15, 0.2) is 5.16 Å². The molecule has 24 heavy (non-hydrogen) atoms. The molecule has 0 aliphatic carbocycles. The van der Waals surface area contributed by atoms with Crippen LogP contribution < -0.4 is 0 Å². The van der Waals surface area contributed by atoms with Gasteiger partial charge in [0.1, 0.15) is 5.82 Å². The van der Waals surface area contributed by atoms with E-state index < -0.39 is 0 Å². The highest BCUT2D eigenvalue weighted by molar-refractivity contribution is 7.99. The molecule has 0 unspecified atom stereocenters. The lowest BCUT2D eigenvalue weighted by atomic mass is 9.98. The van der Waals surface area contributed by atoms with E-state index in [0.717, 1.165) is 29.5 Å². The lowest BCUT2D eigenvalue weighted by molar-refractivity contribution is -0.134. The maximum Gasteiger partial charge on any atom is 0.233 e. The van der Waals surface area contributed by atoms with Crippen LogP contribution in [0.25, 0.3) is 5.69 Å². The second-order valence-corrected chi connectivity index (χ2v) is 7.36. The number of rotatable bonds is 4. The molecular weight excluding hydrogens is 320 g/mol. The van der Waals surface area contributed by atoms with Gasteiger partial charge in [0, 0.05) is 17.8 Å². The van der Waals surface area contributed by atoms with Crippen LogP contribution in [-0.4, -0.2) is 43.4 Å². The normalized spacial score (nSPS) is 21.0. The van der Waals surface area contributed by atoms with Crippen molar-refractivity contribution in [3.05, 3.63) is 36.2 Å². The van der Waals surface area contributed by atoms with Gasteiger partial charge in [-0.2, -0.15) is 0 Å². The van der Waals surface area contributed by atoms with Gasteiger partial charge in [0.05, 0.1) is 5.75 Å². The number of amides is 1. The Balaban J connectivity index is 1.72. The fraction of sp³-hybridized carbons (Fsp3) is 0.500. The first-order valence-electron chi connectivity index (χ1n) is 8.49. The molecule has 6 heteroatoms. The zero-order chi connectivity index (χ0) is 17.1. The molecular formula is C18H24N4OS. The van der Waals surface area contributed by atoms with Crippen LogP contribution in [0.1, 0.15) is 38.9 Å². The molecule has 1 saturated heterocycles. The molecule has 2 atom stereocenters. The summed E-state index contributed by atoms with van der Waals surface area (Å²) >= 11 is 1.47. The van der Waals surface area contributed by atoms with Gasteiger partial charge >= 0.3 is 0 Å². The lowest BCUT2D eigenvalue weighted by Gasteiger charge is -2.39. The monoisotopic (exact) mass is 344 g/mol. The molecule has 1 amide bonds. The van der Waals surface area contributed by atoms with Crippen molar-refractivity contribution in [1.82, 2.24) is 19.7 Å². The van der Waals surface area contributed by atoms with Crippen molar-refractivity contribution in [3.63, 3.8) is 0 Å². The van der Waals surface area contributed by atoms with E-state index in [2.05, 4.69) is 24.0 Å². The summed E-state index contributed by atoms with van der Waals surface area (Å²) in [5.41, 5.74) is 1.02. The van der Waals surface area contributed by atoms with Crippen LogP contribution in [0.3, 0.4) is 0 Å². The number of likely N-dealkylation sites (tertiary alicyclic amines) is 1. The minimum absolute atomic E-state index is 0.194. The molecule has 2 aromatic rings. The van der Waals surface area contributed by atoms with E-state index in [9.17, 15) is 4.79 Å². The Bertz CT molecular complexity index is 690. The summed E-state index contributed by atoms with van der Waals surface area (Å²) in [7, 11) is 0. The number of hydrogen-bond acceptors (Lipinski definition) is 4. The van der Waals surface area contributed by atoms with Gasteiger partial charge in [0.25, 0.3) is 0 Å². The Kier molecular flexibility index (Phi) is 5.23. The predicted octanol–water partition coefficient (Wildman–Crippen LogP) is 3.46. The number of nitrogens with zero attached hydrogens (tertiary/aromatic N) is 4. The van der Waals surface area contributed by atoms with Gasteiger partial charge in [-0.1, -0.05) is 30.0 Å². The number of carbonyl (C=O) groups is 1. The number of benzene rings is 1. The fourth-order valence-corrected chi connectivity index (χ4v) is 4.29. The van der Waals surface area contributed by atoms with Crippen LogP contribution in [0.5, 0.6) is 0 Å². The number of hydrogen-bond donors (Lipinski definition) is 0. The van der Waals surface area contributed by atoms with Crippen LogP contribution in [0.4, 0.5) is 0 Å². The van der Waals surface area contributed by atoms with Gasteiger partial charge in [-0.15, -0.1) is 10.2 Å². The van der Waals surface area contributed by atoms with Gasteiger partial charge in [-0.3, -0.25) is 9.36 Å². The first kappa shape index (κ1) is 17.0. The summed E-state index contributed by atoms with van der Waals surface area (Å²) in [6.45, 7) is 6.23. The number of para-hydroxylation sites is 1. The summed E-state index contributed by atoms with van der Waals surface area (Å²) in [4.78, 5) is 14.7. The third-order valence-corrected chi connectivity index (χ3v) is 5.53. The largest absolute Gasteiger partial charge is 0.337 e. The average molecular weight is 344 g/mol. The summed E-state index contributed by atoms with van der Waals surface area (Å²) in [5, 5.41) is 9.20. The first-order valence-corrected chi connectivity index (χ1v) is 9.48. The Labute approximate surface area is 147 Å². The SMILES string of the molecule is Cc1nnc(SCC(=O)N2[C@H](C)CCC[C@@H]2C)n1-c1ccccc1. The van der Waals surface area contributed by atoms with Crippen LogP contribution in [0, 0.1) is 6.92 Å². The molecule has 0 radical (unpaired) electrons. The van der Waals surface area contributed by atoms with E-state index in [1.807, 2.05) is 46.7 Å². The highest BCUT2D eigenvalue weighted by Crippen LogP contribution is 2.26. The molecule has 0 spiro atoms.